The average molecular weight is 452 g/mol. The third-order valence-corrected chi connectivity index (χ3v) is 5.88. The van der Waals surface area contributed by atoms with E-state index in [2.05, 4.69) is 0 Å². The van der Waals surface area contributed by atoms with Gasteiger partial charge < -0.3 is 9.47 Å². The Hall–Kier alpha value is -2.66. The predicted octanol–water partition coefficient (Wildman–Crippen LogP) is 5.77. The minimum absolute atomic E-state index is 0.0939. The first-order chi connectivity index (χ1) is 15.7. The van der Waals surface area contributed by atoms with Crippen molar-refractivity contribution in [2.24, 2.45) is 5.92 Å². The molecule has 5 heteroatoms. The maximum Gasteiger partial charge on any atom is 0.320 e. The topological polar surface area (TPSA) is 55.8 Å². The molecule has 1 fully saturated rings. The molecule has 0 N–H and O–H groups in total. The molecule has 1 aliphatic carbocycles. The largest absolute Gasteiger partial charge is 0.492 e. The van der Waals surface area contributed by atoms with Gasteiger partial charge in [0.15, 0.2) is 5.78 Å². The minimum Gasteiger partial charge on any atom is -0.492 e. The monoisotopic (exact) mass is 451 g/mol. The molecule has 3 rings (SSSR count). The molecule has 1 aliphatic rings. The van der Waals surface area contributed by atoms with Crippen molar-refractivity contribution in [2.75, 3.05) is 26.7 Å². The van der Waals surface area contributed by atoms with Crippen molar-refractivity contribution < 1.29 is 19.1 Å². The highest BCUT2D eigenvalue weighted by Gasteiger charge is 2.25. The molecule has 2 aromatic carbocycles. The molecule has 0 unspecified atom stereocenters. The smallest absolute Gasteiger partial charge is 0.320 e. The summed E-state index contributed by atoms with van der Waals surface area (Å²) in [6.07, 6.45) is 5.39. The lowest BCUT2D eigenvalue weighted by Gasteiger charge is -2.23. The van der Waals surface area contributed by atoms with Crippen LogP contribution in [0, 0.1) is 5.92 Å². The van der Waals surface area contributed by atoms with Crippen LogP contribution in [0.15, 0.2) is 48.5 Å². The van der Waals surface area contributed by atoms with Crippen LogP contribution in [-0.4, -0.2) is 49.0 Å². The first-order valence-corrected chi connectivity index (χ1v) is 12.0. The number of rotatable bonds is 9. The quantitative estimate of drug-likeness (QED) is 0.358. The van der Waals surface area contributed by atoms with Gasteiger partial charge in [0.2, 0.25) is 0 Å². The van der Waals surface area contributed by atoms with Gasteiger partial charge in [0.25, 0.3) is 0 Å². The van der Waals surface area contributed by atoms with E-state index in [-0.39, 0.29) is 24.2 Å². The summed E-state index contributed by atoms with van der Waals surface area (Å²) in [6, 6.07) is 15.9. The fourth-order valence-electron chi connectivity index (χ4n) is 4.26. The van der Waals surface area contributed by atoms with Gasteiger partial charge in [0.05, 0.1) is 6.54 Å². The molecule has 0 amide bonds. The Kier molecular flexibility index (Phi) is 8.67. The second-order valence-electron chi connectivity index (χ2n) is 9.95. The van der Waals surface area contributed by atoms with Crippen LogP contribution in [0.5, 0.6) is 5.75 Å². The number of benzene rings is 2. The van der Waals surface area contributed by atoms with Crippen molar-refractivity contribution in [3.8, 4) is 16.9 Å². The number of nitrogens with zero attached hydrogens (tertiary/aromatic N) is 1. The fourth-order valence-corrected chi connectivity index (χ4v) is 4.26. The lowest BCUT2D eigenvalue weighted by molar-refractivity contribution is -0.155. The van der Waals surface area contributed by atoms with Crippen LogP contribution >= 0.6 is 0 Å². The number of hydrogen-bond acceptors (Lipinski definition) is 5. The third kappa shape index (κ3) is 7.71. The Balaban J connectivity index is 1.68. The highest BCUT2D eigenvalue weighted by atomic mass is 16.6. The Morgan fingerprint density at radius 3 is 2.36 bits per heavy atom. The molecule has 0 saturated heterocycles. The summed E-state index contributed by atoms with van der Waals surface area (Å²) in [5.74, 6) is 0.745. The second kappa shape index (κ2) is 11.5. The molecule has 5 nitrogen and oxygen atoms in total. The number of likely N-dealkylation sites (N-methyl/N-ethyl adjacent to an activating group) is 1. The number of Topliss-reactive ketones (excluding diaryl/α,β-unsaturated/α-hetero) is 1. The van der Waals surface area contributed by atoms with E-state index < -0.39 is 5.60 Å². The van der Waals surface area contributed by atoms with Crippen LogP contribution < -0.4 is 4.74 Å². The fraction of sp³-hybridized carbons (Fsp3) is 0.500. The molecular formula is C28H37NO4. The maximum atomic E-state index is 13.4. The van der Waals surface area contributed by atoms with Gasteiger partial charge in [-0.15, -0.1) is 0 Å². The summed E-state index contributed by atoms with van der Waals surface area (Å²) < 4.78 is 11.4. The van der Waals surface area contributed by atoms with Crippen LogP contribution in [-0.2, 0) is 9.53 Å². The Bertz CT molecular complexity index is 927. The molecule has 1 saturated carbocycles. The summed E-state index contributed by atoms with van der Waals surface area (Å²) in [4.78, 5) is 27.3. The Morgan fingerprint density at radius 1 is 1.00 bits per heavy atom. The van der Waals surface area contributed by atoms with E-state index in [1.165, 1.54) is 6.42 Å². The van der Waals surface area contributed by atoms with Gasteiger partial charge in [-0.25, -0.2) is 0 Å². The molecule has 2 aromatic rings. The Labute approximate surface area is 198 Å². The second-order valence-corrected chi connectivity index (χ2v) is 9.95. The molecule has 0 bridgehead atoms. The molecule has 0 aromatic heterocycles. The van der Waals surface area contributed by atoms with Gasteiger partial charge >= 0.3 is 5.97 Å². The molecular weight excluding hydrogens is 414 g/mol. The first-order valence-electron chi connectivity index (χ1n) is 12.0. The highest BCUT2D eigenvalue weighted by Crippen LogP contribution is 2.33. The number of carbonyl (C=O) groups is 2. The number of ketones is 1. The van der Waals surface area contributed by atoms with Crippen molar-refractivity contribution in [2.45, 2.75) is 58.5 Å². The van der Waals surface area contributed by atoms with Gasteiger partial charge in [-0.1, -0.05) is 49.6 Å². The van der Waals surface area contributed by atoms with Crippen LogP contribution in [0.1, 0.15) is 63.2 Å². The van der Waals surface area contributed by atoms with Gasteiger partial charge in [-0.2, -0.15) is 0 Å². The normalized spacial score (nSPS) is 14.8. The molecule has 33 heavy (non-hydrogen) atoms. The summed E-state index contributed by atoms with van der Waals surface area (Å²) in [5, 5.41) is 0. The SMILES string of the molecule is CN(CCOc1ccc(-c2ccccc2)c(C(=O)C2CCCCC2)c1)CC(=O)OC(C)(C)C. The molecule has 0 heterocycles. The first kappa shape index (κ1) is 25.0. The van der Waals surface area contributed by atoms with E-state index in [9.17, 15) is 9.59 Å². The molecule has 0 spiro atoms. The molecule has 0 atom stereocenters. The van der Waals surface area contributed by atoms with E-state index in [0.717, 1.165) is 42.4 Å². The lowest BCUT2D eigenvalue weighted by atomic mass is 9.82. The van der Waals surface area contributed by atoms with Crippen LogP contribution in [0.3, 0.4) is 0 Å². The highest BCUT2D eigenvalue weighted by molar-refractivity contribution is 6.04. The molecule has 0 aliphatic heterocycles. The van der Waals surface area contributed by atoms with Crippen molar-refractivity contribution in [1.82, 2.24) is 4.90 Å². The summed E-state index contributed by atoms with van der Waals surface area (Å²) in [6.45, 7) is 6.78. The summed E-state index contributed by atoms with van der Waals surface area (Å²) in [5.41, 5.74) is 2.25. The van der Waals surface area contributed by atoms with E-state index >= 15 is 0 Å². The number of esters is 1. The van der Waals surface area contributed by atoms with Gasteiger partial charge in [0, 0.05) is 18.0 Å². The zero-order valence-corrected chi connectivity index (χ0v) is 20.4. The van der Waals surface area contributed by atoms with Gasteiger partial charge in [-0.05, 0) is 70.0 Å². The zero-order valence-electron chi connectivity index (χ0n) is 20.4. The van der Waals surface area contributed by atoms with Crippen molar-refractivity contribution in [3.05, 3.63) is 54.1 Å². The summed E-state index contributed by atoms with van der Waals surface area (Å²) >= 11 is 0. The number of carbonyl (C=O) groups excluding carboxylic acids is 2. The lowest BCUT2D eigenvalue weighted by Crippen LogP contribution is -2.34. The summed E-state index contributed by atoms with van der Waals surface area (Å²) in [7, 11) is 1.86. The maximum absolute atomic E-state index is 13.4. The van der Waals surface area contributed by atoms with Gasteiger partial charge in [0.1, 0.15) is 18.0 Å². The van der Waals surface area contributed by atoms with E-state index in [1.807, 2.05) is 81.2 Å². The van der Waals surface area contributed by atoms with Gasteiger partial charge in [-0.3, -0.25) is 14.5 Å². The predicted molar refractivity (Wildman–Crippen MR) is 132 cm³/mol. The van der Waals surface area contributed by atoms with Crippen LogP contribution in [0.25, 0.3) is 11.1 Å². The minimum atomic E-state index is -0.490. The molecule has 178 valence electrons. The number of hydrogen-bond donors (Lipinski definition) is 0. The van der Waals surface area contributed by atoms with E-state index in [4.69, 9.17) is 9.47 Å². The zero-order chi connectivity index (χ0) is 23.8. The van der Waals surface area contributed by atoms with E-state index in [0.29, 0.717) is 18.9 Å². The van der Waals surface area contributed by atoms with Crippen molar-refractivity contribution >= 4 is 11.8 Å². The third-order valence-electron chi connectivity index (χ3n) is 5.88. The standard InChI is InChI=1S/C28H37NO4/c1-28(2,3)33-26(30)20-29(4)17-18-32-23-15-16-24(21-11-7-5-8-12-21)25(19-23)27(31)22-13-9-6-10-14-22/h5,7-8,11-12,15-16,19,22H,6,9-10,13-14,17-18,20H2,1-4H3. The van der Waals surface area contributed by atoms with E-state index in [1.54, 1.807) is 0 Å². The van der Waals surface area contributed by atoms with Crippen LogP contribution in [0.4, 0.5) is 0 Å². The van der Waals surface area contributed by atoms with Crippen molar-refractivity contribution in [3.63, 3.8) is 0 Å². The van der Waals surface area contributed by atoms with Crippen molar-refractivity contribution in [1.29, 1.82) is 0 Å². The van der Waals surface area contributed by atoms with Crippen LogP contribution in [0.2, 0.25) is 0 Å². The molecule has 0 radical (unpaired) electrons. The number of ether oxygens (including phenoxy) is 2. The Morgan fingerprint density at radius 2 is 1.70 bits per heavy atom. The average Bonchev–Trinajstić information content (AvgIpc) is 2.78.